The van der Waals surface area contributed by atoms with E-state index in [1.54, 1.807) is 0 Å². The topological polar surface area (TPSA) is 20.2 Å². The van der Waals surface area contributed by atoms with Crippen molar-refractivity contribution in [2.75, 3.05) is 6.61 Å². The lowest BCUT2D eigenvalue weighted by molar-refractivity contribution is -0.00814. The van der Waals surface area contributed by atoms with Crippen molar-refractivity contribution < 1.29 is 5.11 Å². The highest BCUT2D eigenvalue weighted by Crippen LogP contribution is 2.67. The van der Waals surface area contributed by atoms with Gasteiger partial charge in [-0.1, -0.05) is 39.8 Å². The third-order valence-corrected chi connectivity index (χ3v) is 6.25. The van der Waals surface area contributed by atoms with Gasteiger partial charge in [0, 0.05) is 12.5 Å². The van der Waals surface area contributed by atoms with Crippen LogP contribution in [0.4, 0.5) is 0 Å². The average molecular weight is 222 g/mol. The second-order valence-electron chi connectivity index (χ2n) is 6.68. The van der Waals surface area contributed by atoms with Crippen LogP contribution in [0.1, 0.15) is 47.0 Å². The van der Waals surface area contributed by atoms with Crippen LogP contribution in [0.2, 0.25) is 0 Å². The second-order valence-corrected chi connectivity index (χ2v) is 6.68. The van der Waals surface area contributed by atoms with E-state index in [9.17, 15) is 5.11 Å². The van der Waals surface area contributed by atoms with Crippen molar-refractivity contribution in [1.82, 2.24) is 0 Å². The second kappa shape index (κ2) is 3.60. The van der Waals surface area contributed by atoms with Crippen molar-refractivity contribution >= 4 is 0 Å². The summed E-state index contributed by atoms with van der Waals surface area (Å²) in [6, 6.07) is 0. The van der Waals surface area contributed by atoms with Crippen LogP contribution in [0.15, 0.2) is 12.2 Å². The normalized spacial score (nSPS) is 52.8. The molecular weight excluding hydrogens is 196 g/mol. The minimum Gasteiger partial charge on any atom is -0.396 e. The maximum absolute atomic E-state index is 9.50. The number of rotatable bonds is 1. The first-order chi connectivity index (χ1) is 7.37. The molecule has 0 aliphatic heterocycles. The van der Waals surface area contributed by atoms with Crippen LogP contribution in [0.25, 0.3) is 0 Å². The average Bonchev–Trinajstić information content (AvgIpc) is 2.47. The van der Waals surface area contributed by atoms with Crippen molar-refractivity contribution in [3.8, 4) is 0 Å². The maximum Gasteiger partial charge on any atom is 0.0496 e. The summed E-state index contributed by atoms with van der Waals surface area (Å²) in [7, 11) is 0. The van der Waals surface area contributed by atoms with Crippen LogP contribution in [-0.2, 0) is 0 Å². The highest BCUT2D eigenvalue weighted by molar-refractivity contribution is 5.27. The fourth-order valence-electron chi connectivity index (χ4n) is 4.43. The number of hydrogen-bond acceptors (Lipinski definition) is 1. The van der Waals surface area contributed by atoms with E-state index in [-0.39, 0.29) is 12.0 Å². The summed E-state index contributed by atoms with van der Waals surface area (Å²) >= 11 is 0. The lowest BCUT2D eigenvalue weighted by Gasteiger charge is -2.53. The molecule has 0 amide bonds. The molecule has 2 aliphatic rings. The van der Waals surface area contributed by atoms with E-state index < -0.39 is 0 Å². The van der Waals surface area contributed by atoms with Gasteiger partial charge in [0.25, 0.3) is 0 Å². The molecule has 16 heavy (non-hydrogen) atoms. The molecule has 0 heterocycles. The van der Waals surface area contributed by atoms with Crippen molar-refractivity contribution in [2.24, 2.45) is 28.6 Å². The lowest BCUT2D eigenvalue weighted by atomic mass is 9.52. The number of hydrogen-bond donors (Lipinski definition) is 1. The summed E-state index contributed by atoms with van der Waals surface area (Å²) < 4.78 is 0. The maximum atomic E-state index is 9.50. The van der Waals surface area contributed by atoms with Gasteiger partial charge in [0.2, 0.25) is 0 Å². The van der Waals surface area contributed by atoms with Crippen molar-refractivity contribution in [3.63, 3.8) is 0 Å². The van der Waals surface area contributed by atoms with E-state index >= 15 is 0 Å². The first-order valence-corrected chi connectivity index (χ1v) is 6.67. The van der Waals surface area contributed by atoms with E-state index in [1.165, 1.54) is 18.4 Å². The highest BCUT2D eigenvalue weighted by atomic mass is 16.3. The molecule has 0 radical (unpaired) electrons. The van der Waals surface area contributed by atoms with Crippen molar-refractivity contribution in [2.45, 2.75) is 47.0 Å². The molecule has 2 aliphatic carbocycles. The first kappa shape index (κ1) is 12.2. The number of fused-ring (bicyclic) bond motifs is 1. The standard InChI is InChI=1S/C15H26O/c1-10-6-7-14(4)8-13(9-16)12(3)15(14,5)11(10)2/h10-11,13,16H,3,6-9H2,1-2,4-5H3. The third kappa shape index (κ3) is 1.27. The van der Waals surface area contributed by atoms with Gasteiger partial charge < -0.3 is 5.11 Å². The van der Waals surface area contributed by atoms with Crippen LogP contribution < -0.4 is 0 Å². The molecule has 92 valence electrons. The Balaban J connectivity index is 2.42. The Morgan fingerprint density at radius 1 is 1.38 bits per heavy atom. The predicted molar refractivity (Wildman–Crippen MR) is 68.1 cm³/mol. The van der Waals surface area contributed by atoms with Crippen LogP contribution in [0.5, 0.6) is 0 Å². The smallest absolute Gasteiger partial charge is 0.0496 e. The highest BCUT2D eigenvalue weighted by Gasteiger charge is 2.59. The summed E-state index contributed by atoms with van der Waals surface area (Å²) in [5, 5.41) is 9.50. The molecular formula is C15H26O. The Morgan fingerprint density at radius 2 is 2.00 bits per heavy atom. The molecule has 0 aromatic heterocycles. The Morgan fingerprint density at radius 3 is 2.56 bits per heavy atom. The summed E-state index contributed by atoms with van der Waals surface area (Å²) in [6.07, 6.45) is 3.76. The van der Waals surface area contributed by atoms with Gasteiger partial charge in [-0.25, -0.2) is 0 Å². The third-order valence-electron chi connectivity index (χ3n) is 6.25. The Hall–Kier alpha value is -0.300. The fraction of sp³-hybridized carbons (Fsp3) is 0.867. The molecule has 1 N–H and O–H groups in total. The summed E-state index contributed by atoms with van der Waals surface area (Å²) in [5.41, 5.74) is 1.91. The Labute approximate surface area is 99.9 Å². The zero-order valence-corrected chi connectivity index (χ0v) is 11.2. The molecule has 0 spiro atoms. The van der Waals surface area contributed by atoms with Gasteiger partial charge in [-0.15, -0.1) is 0 Å². The molecule has 1 heteroatoms. The molecule has 0 saturated heterocycles. The van der Waals surface area contributed by atoms with Gasteiger partial charge in [-0.3, -0.25) is 0 Å². The van der Waals surface area contributed by atoms with Crippen molar-refractivity contribution in [1.29, 1.82) is 0 Å². The van der Waals surface area contributed by atoms with Gasteiger partial charge in [0.1, 0.15) is 0 Å². The molecule has 2 saturated carbocycles. The SMILES string of the molecule is C=C1C(CO)CC2(C)CCC(C)C(C)C12C. The van der Waals surface area contributed by atoms with Crippen LogP contribution >= 0.6 is 0 Å². The van der Waals surface area contributed by atoms with Gasteiger partial charge in [0.05, 0.1) is 0 Å². The minimum atomic E-state index is 0.234. The zero-order valence-electron chi connectivity index (χ0n) is 11.2. The van der Waals surface area contributed by atoms with Crippen LogP contribution in [-0.4, -0.2) is 11.7 Å². The predicted octanol–water partition coefficient (Wildman–Crippen LogP) is 3.63. The molecule has 1 nitrogen and oxygen atoms in total. The first-order valence-electron chi connectivity index (χ1n) is 6.67. The molecule has 0 aromatic rings. The fourth-order valence-corrected chi connectivity index (χ4v) is 4.43. The van der Waals surface area contributed by atoms with Gasteiger partial charge in [0.15, 0.2) is 0 Å². The minimum absolute atomic E-state index is 0.234. The van der Waals surface area contributed by atoms with Crippen molar-refractivity contribution in [3.05, 3.63) is 12.2 Å². The molecule has 0 aromatic carbocycles. The molecule has 0 bridgehead atoms. The van der Waals surface area contributed by atoms with Gasteiger partial charge in [-0.05, 0) is 41.9 Å². The lowest BCUT2D eigenvalue weighted by Crippen LogP contribution is -2.45. The molecule has 5 unspecified atom stereocenters. The summed E-state index contributed by atoms with van der Waals surface area (Å²) in [6.45, 7) is 14.2. The van der Waals surface area contributed by atoms with E-state index in [0.717, 1.165) is 12.3 Å². The van der Waals surface area contributed by atoms with Crippen LogP contribution in [0.3, 0.4) is 0 Å². The Kier molecular flexibility index (Phi) is 2.73. The Bertz CT molecular complexity index is 309. The van der Waals surface area contributed by atoms with E-state index in [0.29, 0.717) is 17.3 Å². The summed E-state index contributed by atoms with van der Waals surface area (Å²) in [5.74, 6) is 1.81. The zero-order chi connectivity index (χ0) is 12.1. The van der Waals surface area contributed by atoms with E-state index in [2.05, 4.69) is 34.3 Å². The van der Waals surface area contributed by atoms with Crippen LogP contribution in [0, 0.1) is 28.6 Å². The monoisotopic (exact) mass is 222 g/mol. The van der Waals surface area contributed by atoms with E-state index in [4.69, 9.17) is 0 Å². The summed E-state index contributed by atoms with van der Waals surface area (Å²) in [4.78, 5) is 0. The number of aliphatic hydroxyl groups is 1. The van der Waals surface area contributed by atoms with Gasteiger partial charge in [-0.2, -0.15) is 0 Å². The quantitative estimate of drug-likeness (QED) is 0.672. The molecule has 2 rings (SSSR count). The molecule has 2 fully saturated rings. The molecule has 5 atom stereocenters. The van der Waals surface area contributed by atoms with Gasteiger partial charge >= 0.3 is 0 Å². The van der Waals surface area contributed by atoms with E-state index in [1.807, 2.05) is 0 Å². The number of aliphatic hydroxyl groups excluding tert-OH is 1. The largest absolute Gasteiger partial charge is 0.396 e.